The van der Waals surface area contributed by atoms with Crippen molar-refractivity contribution in [2.45, 2.75) is 13.0 Å². The van der Waals surface area contributed by atoms with Crippen molar-refractivity contribution >= 4 is 23.5 Å². The van der Waals surface area contributed by atoms with Gasteiger partial charge in [-0.25, -0.2) is 4.68 Å². The van der Waals surface area contributed by atoms with Crippen LogP contribution in [-0.4, -0.2) is 20.7 Å². The van der Waals surface area contributed by atoms with E-state index < -0.39 is 11.9 Å². The standard InChI is InChI=1S/C19H16ClN5O/c1-11-15(17(21)26)16(12-7-3-2-4-8-12)25-19(22-11)23-18(24-25)13-9-5-6-10-14(13)20/h2-10,16H,1H3,(H2,21,26)(H,22,23,24). The summed E-state index contributed by atoms with van der Waals surface area (Å²) in [5.41, 5.74) is 8.41. The predicted molar refractivity (Wildman–Crippen MR) is 101 cm³/mol. The zero-order valence-corrected chi connectivity index (χ0v) is 14.7. The molecule has 130 valence electrons. The lowest BCUT2D eigenvalue weighted by Crippen LogP contribution is -2.31. The number of primary amides is 1. The van der Waals surface area contributed by atoms with Crippen LogP contribution in [0.4, 0.5) is 5.95 Å². The van der Waals surface area contributed by atoms with Gasteiger partial charge >= 0.3 is 0 Å². The van der Waals surface area contributed by atoms with Crippen LogP contribution >= 0.6 is 11.6 Å². The van der Waals surface area contributed by atoms with Gasteiger partial charge in [0.2, 0.25) is 11.9 Å². The van der Waals surface area contributed by atoms with E-state index in [4.69, 9.17) is 17.3 Å². The second kappa shape index (κ2) is 6.31. The van der Waals surface area contributed by atoms with Gasteiger partial charge in [0.1, 0.15) is 6.04 Å². The van der Waals surface area contributed by atoms with Crippen LogP contribution in [0.5, 0.6) is 0 Å². The van der Waals surface area contributed by atoms with Gasteiger partial charge in [-0.05, 0) is 24.6 Å². The molecule has 0 saturated carbocycles. The number of carbonyl (C=O) groups excluding carboxylic acids is 1. The van der Waals surface area contributed by atoms with Crippen molar-refractivity contribution in [1.29, 1.82) is 0 Å². The maximum Gasteiger partial charge on any atom is 0.248 e. The third-order valence-corrected chi connectivity index (χ3v) is 4.68. The Balaban J connectivity index is 1.90. The summed E-state index contributed by atoms with van der Waals surface area (Å²) in [7, 11) is 0. The van der Waals surface area contributed by atoms with Crippen molar-refractivity contribution in [1.82, 2.24) is 14.8 Å². The molecule has 7 heteroatoms. The number of hydrogen-bond acceptors (Lipinski definition) is 4. The highest BCUT2D eigenvalue weighted by Crippen LogP contribution is 2.36. The van der Waals surface area contributed by atoms with E-state index in [-0.39, 0.29) is 0 Å². The van der Waals surface area contributed by atoms with Crippen molar-refractivity contribution in [3.05, 3.63) is 76.5 Å². The molecule has 1 unspecified atom stereocenters. The molecule has 1 aromatic heterocycles. The number of halogens is 1. The Bertz CT molecular complexity index is 1030. The third-order valence-electron chi connectivity index (χ3n) is 4.35. The molecule has 2 aromatic carbocycles. The number of anilines is 1. The summed E-state index contributed by atoms with van der Waals surface area (Å²) in [6, 6.07) is 16.5. The molecule has 1 aliphatic rings. The van der Waals surface area contributed by atoms with Crippen LogP contribution in [-0.2, 0) is 4.79 Å². The number of carbonyl (C=O) groups is 1. The van der Waals surface area contributed by atoms with Gasteiger partial charge < -0.3 is 11.1 Å². The lowest BCUT2D eigenvalue weighted by molar-refractivity contribution is -0.115. The second-order valence-electron chi connectivity index (χ2n) is 6.02. The SMILES string of the molecule is CC1=C(C(N)=O)C(c2ccccc2)n2nc(-c3ccccc3Cl)nc2N1. The molecule has 0 fully saturated rings. The van der Waals surface area contributed by atoms with Gasteiger partial charge in [0.15, 0.2) is 5.82 Å². The number of nitrogens with zero attached hydrogens (tertiary/aromatic N) is 3. The number of aromatic nitrogens is 3. The number of benzene rings is 2. The van der Waals surface area contributed by atoms with E-state index in [0.717, 1.165) is 11.1 Å². The van der Waals surface area contributed by atoms with Gasteiger partial charge in [-0.1, -0.05) is 54.1 Å². The quantitative estimate of drug-likeness (QED) is 0.745. The molecular weight excluding hydrogens is 350 g/mol. The largest absolute Gasteiger partial charge is 0.366 e. The molecule has 0 spiro atoms. The van der Waals surface area contributed by atoms with Crippen molar-refractivity contribution < 1.29 is 4.79 Å². The van der Waals surface area contributed by atoms with Crippen molar-refractivity contribution in [2.24, 2.45) is 5.73 Å². The summed E-state index contributed by atoms with van der Waals surface area (Å²) in [5.74, 6) is 0.526. The van der Waals surface area contributed by atoms with Gasteiger partial charge in [-0.15, -0.1) is 5.10 Å². The Labute approximate surface area is 155 Å². The van der Waals surface area contributed by atoms with E-state index in [1.54, 1.807) is 10.7 Å². The van der Waals surface area contributed by atoms with E-state index in [1.807, 2.05) is 55.5 Å². The molecule has 0 radical (unpaired) electrons. The minimum Gasteiger partial charge on any atom is -0.366 e. The van der Waals surface area contributed by atoms with Crippen LogP contribution in [0.3, 0.4) is 0 Å². The van der Waals surface area contributed by atoms with Crippen LogP contribution in [0, 0.1) is 0 Å². The first-order valence-electron chi connectivity index (χ1n) is 8.10. The number of nitrogens with one attached hydrogen (secondary N) is 1. The fraction of sp³-hybridized carbons (Fsp3) is 0.105. The Kier molecular flexibility index (Phi) is 3.97. The molecule has 26 heavy (non-hydrogen) atoms. The minimum atomic E-state index is -0.496. The first-order chi connectivity index (χ1) is 12.6. The molecular formula is C19H16ClN5O. The van der Waals surface area contributed by atoms with Gasteiger partial charge in [0.25, 0.3) is 0 Å². The smallest absolute Gasteiger partial charge is 0.248 e. The zero-order chi connectivity index (χ0) is 18.3. The number of hydrogen-bond donors (Lipinski definition) is 2. The van der Waals surface area contributed by atoms with Crippen LogP contribution in [0.25, 0.3) is 11.4 Å². The van der Waals surface area contributed by atoms with E-state index in [0.29, 0.717) is 28.1 Å². The first kappa shape index (κ1) is 16.4. The Hall–Kier alpha value is -3.12. The molecule has 4 rings (SSSR count). The monoisotopic (exact) mass is 365 g/mol. The maximum absolute atomic E-state index is 12.1. The Morgan fingerprint density at radius 3 is 2.54 bits per heavy atom. The molecule has 0 saturated heterocycles. The van der Waals surface area contributed by atoms with Gasteiger partial charge in [0.05, 0.1) is 10.6 Å². The zero-order valence-electron chi connectivity index (χ0n) is 14.0. The third kappa shape index (κ3) is 2.64. The summed E-state index contributed by atoms with van der Waals surface area (Å²) in [5, 5.41) is 8.31. The molecule has 3 N–H and O–H groups in total. The predicted octanol–water partition coefficient (Wildman–Crippen LogP) is 3.37. The van der Waals surface area contributed by atoms with Crippen LogP contribution in [0.2, 0.25) is 5.02 Å². The first-order valence-corrected chi connectivity index (χ1v) is 8.48. The maximum atomic E-state index is 12.1. The normalized spacial score (nSPS) is 16.2. The number of amides is 1. The van der Waals surface area contributed by atoms with Gasteiger partial charge in [-0.2, -0.15) is 4.98 Å². The molecule has 6 nitrogen and oxygen atoms in total. The lowest BCUT2D eigenvalue weighted by Gasteiger charge is -2.27. The fourth-order valence-electron chi connectivity index (χ4n) is 3.17. The second-order valence-corrected chi connectivity index (χ2v) is 6.43. The summed E-state index contributed by atoms with van der Waals surface area (Å²) < 4.78 is 1.68. The average Bonchev–Trinajstić information content (AvgIpc) is 3.04. The number of nitrogens with two attached hydrogens (primary N) is 1. The Morgan fingerprint density at radius 2 is 1.85 bits per heavy atom. The van der Waals surface area contributed by atoms with Gasteiger partial charge in [-0.3, -0.25) is 4.79 Å². The van der Waals surface area contributed by atoms with Gasteiger partial charge in [0, 0.05) is 11.3 Å². The molecule has 1 amide bonds. The molecule has 1 aliphatic heterocycles. The van der Waals surface area contributed by atoms with E-state index in [1.165, 1.54) is 0 Å². The van der Waals surface area contributed by atoms with Crippen LogP contribution < -0.4 is 11.1 Å². The van der Waals surface area contributed by atoms with Crippen molar-refractivity contribution in [3.63, 3.8) is 0 Å². The van der Waals surface area contributed by atoms with Crippen molar-refractivity contribution in [3.8, 4) is 11.4 Å². The topological polar surface area (TPSA) is 85.8 Å². The van der Waals surface area contributed by atoms with E-state index in [2.05, 4.69) is 15.4 Å². The van der Waals surface area contributed by atoms with E-state index >= 15 is 0 Å². The van der Waals surface area contributed by atoms with Crippen molar-refractivity contribution in [2.75, 3.05) is 5.32 Å². The summed E-state index contributed by atoms with van der Waals surface area (Å²) in [6.07, 6.45) is 0. The minimum absolute atomic E-state index is 0.450. The fourth-order valence-corrected chi connectivity index (χ4v) is 3.39. The lowest BCUT2D eigenvalue weighted by atomic mass is 9.95. The highest BCUT2D eigenvalue weighted by Gasteiger charge is 2.33. The Morgan fingerprint density at radius 1 is 1.15 bits per heavy atom. The average molecular weight is 366 g/mol. The summed E-state index contributed by atoms with van der Waals surface area (Å²) in [4.78, 5) is 16.7. The number of rotatable bonds is 3. The number of fused-ring (bicyclic) bond motifs is 1. The summed E-state index contributed by atoms with van der Waals surface area (Å²) in [6.45, 7) is 1.81. The summed E-state index contributed by atoms with van der Waals surface area (Å²) >= 11 is 6.29. The van der Waals surface area contributed by atoms with E-state index in [9.17, 15) is 4.79 Å². The highest BCUT2D eigenvalue weighted by molar-refractivity contribution is 6.33. The molecule has 2 heterocycles. The molecule has 3 aromatic rings. The molecule has 0 bridgehead atoms. The highest BCUT2D eigenvalue weighted by atomic mass is 35.5. The molecule has 0 aliphatic carbocycles. The molecule has 1 atom stereocenters. The van der Waals surface area contributed by atoms with Crippen LogP contribution in [0.1, 0.15) is 18.5 Å². The number of allylic oxidation sites excluding steroid dienone is 1. The van der Waals surface area contributed by atoms with Crippen LogP contribution in [0.15, 0.2) is 65.9 Å².